The topological polar surface area (TPSA) is 75.6 Å². The van der Waals surface area contributed by atoms with Crippen LogP contribution in [0.2, 0.25) is 0 Å². The van der Waals surface area contributed by atoms with Crippen LogP contribution in [0.15, 0.2) is 0 Å². The Morgan fingerprint density at radius 2 is 1.82 bits per heavy atom. The van der Waals surface area contributed by atoms with Crippen LogP contribution in [0.4, 0.5) is 0 Å². The van der Waals surface area contributed by atoms with Crippen LogP contribution in [0, 0.1) is 5.92 Å². The number of amides is 1. The molecule has 1 amide bonds. The van der Waals surface area contributed by atoms with Crippen molar-refractivity contribution in [3.05, 3.63) is 0 Å². The maximum absolute atomic E-state index is 11.8. The summed E-state index contributed by atoms with van der Waals surface area (Å²) in [5, 5.41) is 11.8. The third-order valence-electron chi connectivity index (χ3n) is 3.64. The van der Waals surface area contributed by atoms with Crippen molar-refractivity contribution in [1.29, 1.82) is 0 Å². The Morgan fingerprint density at radius 1 is 1.12 bits per heavy atom. The van der Waals surface area contributed by atoms with Gasteiger partial charge in [0.1, 0.15) is 6.10 Å². The molecule has 0 aromatic rings. The normalized spacial score (nSPS) is 33.3. The Balaban J connectivity index is 1.74. The van der Waals surface area contributed by atoms with E-state index < -0.39 is 5.97 Å². The number of aliphatic carboxylic acids is 1. The van der Waals surface area contributed by atoms with Crippen LogP contribution in [-0.4, -0.2) is 35.7 Å². The first kappa shape index (κ1) is 12.4. The highest BCUT2D eigenvalue weighted by molar-refractivity contribution is 5.81. The van der Waals surface area contributed by atoms with Gasteiger partial charge in [0.25, 0.3) is 0 Å². The number of carbonyl (C=O) groups is 2. The summed E-state index contributed by atoms with van der Waals surface area (Å²) in [5.41, 5.74) is 0. The van der Waals surface area contributed by atoms with Gasteiger partial charge >= 0.3 is 5.97 Å². The third-order valence-corrected chi connectivity index (χ3v) is 3.64. The molecule has 0 spiro atoms. The van der Waals surface area contributed by atoms with Crippen molar-refractivity contribution in [1.82, 2.24) is 5.32 Å². The summed E-state index contributed by atoms with van der Waals surface area (Å²) in [7, 11) is 0. The second kappa shape index (κ2) is 5.49. The fourth-order valence-electron chi connectivity index (χ4n) is 2.56. The molecule has 1 saturated carbocycles. The van der Waals surface area contributed by atoms with E-state index in [0.29, 0.717) is 19.4 Å². The zero-order chi connectivity index (χ0) is 12.3. The summed E-state index contributed by atoms with van der Waals surface area (Å²) in [6.45, 7) is 0.670. The quantitative estimate of drug-likeness (QED) is 0.770. The fourth-order valence-corrected chi connectivity index (χ4v) is 2.56. The predicted octanol–water partition coefficient (Wildman–Crippen LogP) is 0.925. The van der Waals surface area contributed by atoms with E-state index in [9.17, 15) is 9.59 Å². The van der Waals surface area contributed by atoms with Crippen molar-refractivity contribution >= 4 is 11.9 Å². The molecule has 0 bridgehead atoms. The van der Waals surface area contributed by atoms with Crippen molar-refractivity contribution in [2.24, 2.45) is 5.92 Å². The van der Waals surface area contributed by atoms with E-state index in [0.717, 1.165) is 25.7 Å². The molecule has 0 radical (unpaired) electrons. The molecule has 2 N–H and O–H groups in total. The van der Waals surface area contributed by atoms with Crippen LogP contribution in [0.5, 0.6) is 0 Å². The third kappa shape index (κ3) is 3.19. The van der Waals surface area contributed by atoms with E-state index >= 15 is 0 Å². The number of nitrogens with one attached hydrogen (secondary N) is 1. The van der Waals surface area contributed by atoms with Crippen molar-refractivity contribution < 1.29 is 19.4 Å². The van der Waals surface area contributed by atoms with Crippen LogP contribution in [0.3, 0.4) is 0 Å². The lowest BCUT2D eigenvalue weighted by Crippen LogP contribution is -2.43. The highest BCUT2D eigenvalue weighted by Crippen LogP contribution is 2.24. The SMILES string of the molecule is O=C(O)C1CCC(NC(=O)[C@@H]2CCCO2)CC1. The predicted molar refractivity (Wildman–Crippen MR) is 60.5 cm³/mol. The van der Waals surface area contributed by atoms with E-state index in [-0.39, 0.29) is 24.0 Å². The van der Waals surface area contributed by atoms with E-state index in [1.54, 1.807) is 0 Å². The molecule has 2 rings (SSSR count). The molecule has 17 heavy (non-hydrogen) atoms. The fraction of sp³-hybridized carbons (Fsp3) is 0.833. The lowest BCUT2D eigenvalue weighted by Gasteiger charge is -2.27. The van der Waals surface area contributed by atoms with E-state index in [1.807, 2.05) is 0 Å². The van der Waals surface area contributed by atoms with Gasteiger partial charge in [-0.05, 0) is 38.5 Å². The molecule has 1 atom stereocenters. The highest BCUT2D eigenvalue weighted by Gasteiger charge is 2.29. The zero-order valence-corrected chi connectivity index (χ0v) is 9.85. The Hall–Kier alpha value is -1.10. The minimum absolute atomic E-state index is 0.0266. The molecule has 2 fully saturated rings. The molecule has 1 aliphatic heterocycles. The van der Waals surface area contributed by atoms with Crippen LogP contribution in [0.25, 0.3) is 0 Å². The monoisotopic (exact) mass is 241 g/mol. The second-order valence-corrected chi connectivity index (χ2v) is 4.90. The average molecular weight is 241 g/mol. The van der Waals surface area contributed by atoms with Crippen LogP contribution >= 0.6 is 0 Å². The van der Waals surface area contributed by atoms with E-state index in [4.69, 9.17) is 9.84 Å². The zero-order valence-electron chi connectivity index (χ0n) is 9.85. The van der Waals surface area contributed by atoms with Gasteiger partial charge < -0.3 is 15.2 Å². The summed E-state index contributed by atoms with van der Waals surface area (Å²) >= 11 is 0. The number of ether oxygens (including phenoxy) is 1. The first-order valence-corrected chi connectivity index (χ1v) is 6.31. The summed E-state index contributed by atoms with van der Waals surface area (Å²) in [5.74, 6) is -0.971. The van der Waals surface area contributed by atoms with Crippen LogP contribution in [0.1, 0.15) is 38.5 Å². The summed E-state index contributed by atoms with van der Waals surface area (Å²) in [6, 6.07) is 0.127. The van der Waals surface area contributed by atoms with E-state index in [2.05, 4.69) is 5.32 Å². The molecular formula is C12H19NO4. The Morgan fingerprint density at radius 3 is 2.35 bits per heavy atom. The number of carboxylic acids is 1. The number of carboxylic acid groups (broad SMARTS) is 1. The van der Waals surface area contributed by atoms with Gasteiger partial charge in [-0.25, -0.2) is 0 Å². The molecule has 1 aliphatic carbocycles. The molecule has 0 aromatic carbocycles. The Kier molecular flexibility index (Phi) is 3.99. The van der Waals surface area contributed by atoms with Gasteiger partial charge in [0.2, 0.25) is 5.91 Å². The second-order valence-electron chi connectivity index (χ2n) is 4.90. The molecule has 0 aromatic heterocycles. The Labute approximate surface area is 101 Å². The summed E-state index contributed by atoms with van der Waals surface area (Å²) < 4.78 is 5.31. The molecule has 5 heteroatoms. The minimum atomic E-state index is -0.714. The molecule has 0 unspecified atom stereocenters. The standard InChI is InChI=1S/C12H19NO4/c14-11(10-2-1-7-17-10)13-9-5-3-8(4-6-9)12(15)16/h8-10H,1-7H2,(H,13,14)(H,15,16)/t8?,9?,10-/m0/s1. The summed E-state index contributed by atoms with van der Waals surface area (Å²) in [4.78, 5) is 22.6. The van der Waals surface area contributed by atoms with Crippen molar-refractivity contribution in [2.75, 3.05) is 6.61 Å². The van der Waals surface area contributed by atoms with Gasteiger partial charge in [0, 0.05) is 12.6 Å². The Bertz CT molecular complexity index is 291. The lowest BCUT2D eigenvalue weighted by molar-refractivity contribution is -0.142. The molecular weight excluding hydrogens is 222 g/mol. The van der Waals surface area contributed by atoms with Crippen LogP contribution in [-0.2, 0) is 14.3 Å². The first-order valence-electron chi connectivity index (χ1n) is 6.31. The molecule has 2 aliphatic rings. The van der Waals surface area contributed by atoms with Crippen molar-refractivity contribution in [2.45, 2.75) is 50.7 Å². The molecule has 96 valence electrons. The lowest BCUT2D eigenvalue weighted by atomic mass is 9.86. The molecule has 1 heterocycles. The first-order chi connectivity index (χ1) is 8.16. The van der Waals surface area contributed by atoms with Gasteiger partial charge in [-0.2, -0.15) is 0 Å². The van der Waals surface area contributed by atoms with Gasteiger partial charge in [-0.15, -0.1) is 0 Å². The maximum Gasteiger partial charge on any atom is 0.306 e. The maximum atomic E-state index is 11.8. The number of hydrogen-bond donors (Lipinski definition) is 2. The molecule has 5 nitrogen and oxygen atoms in total. The van der Waals surface area contributed by atoms with Crippen molar-refractivity contribution in [3.8, 4) is 0 Å². The van der Waals surface area contributed by atoms with E-state index in [1.165, 1.54) is 0 Å². The highest BCUT2D eigenvalue weighted by atomic mass is 16.5. The minimum Gasteiger partial charge on any atom is -0.481 e. The smallest absolute Gasteiger partial charge is 0.306 e. The average Bonchev–Trinajstić information content (AvgIpc) is 2.83. The van der Waals surface area contributed by atoms with Gasteiger partial charge in [-0.3, -0.25) is 9.59 Å². The van der Waals surface area contributed by atoms with Gasteiger partial charge in [0.05, 0.1) is 5.92 Å². The molecule has 1 saturated heterocycles. The number of hydrogen-bond acceptors (Lipinski definition) is 3. The van der Waals surface area contributed by atoms with Gasteiger partial charge in [-0.1, -0.05) is 0 Å². The van der Waals surface area contributed by atoms with Crippen LogP contribution < -0.4 is 5.32 Å². The van der Waals surface area contributed by atoms with Crippen molar-refractivity contribution in [3.63, 3.8) is 0 Å². The largest absolute Gasteiger partial charge is 0.481 e. The number of rotatable bonds is 3. The summed E-state index contributed by atoms with van der Waals surface area (Å²) in [6.07, 6.45) is 4.30. The number of carbonyl (C=O) groups excluding carboxylic acids is 1. The van der Waals surface area contributed by atoms with Gasteiger partial charge in [0.15, 0.2) is 0 Å².